The molecule has 2 aromatic carbocycles. The van der Waals surface area contributed by atoms with Crippen molar-refractivity contribution in [3.63, 3.8) is 0 Å². The molecule has 1 aromatic heterocycles. The van der Waals surface area contributed by atoms with Gasteiger partial charge in [0.05, 0.1) is 11.6 Å². The lowest BCUT2D eigenvalue weighted by molar-refractivity contribution is -0.123. The second-order valence-corrected chi connectivity index (χ2v) is 11.1. The number of halogens is 2. The summed E-state index contributed by atoms with van der Waals surface area (Å²) < 4.78 is 27.3. The van der Waals surface area contributed by atoms with Crippen molar-refractivity contribution in [2.75, 3.05) is 10.2 Å². The van der Waals surface area contributed by atoms with Crippen LogP contribution in [0.1, 0.15) is 44.2 Å². The standard InChI is InChI=1S/C30H30F2N4O3S/c1-5-24(21-10-8-7-9-11-21)26(37)34-25-18-20(16-17-33-25)19-35-28(39)36(27(38)29(35,3)4)22-12-14-23(15-13-22)40-30(31,32)6-2/h6-18,24H,2,5,19H2,1,3-4H3,(H,33,34,37). The number of nitrogens with zero attached hydrogens (tertiary/aromatic N) is 3. The smallest absolute Gasteiger partial charge is 0.310 e. The number of imide groups is 1. The first-order valence-corrected chi connectivity index (χ1v) is 13.6. The quantitative estimate of drug-likeness (QED) is 0.166. The minimum Gasteiger partial charge on any atom is -0.310 e. The van der Waals surface area contributed by atoms with Gasteiger partial charge in [-0.05, 0) is 85.6 Å². The Hall–Kier alpha value is -4.05. The van der Waals surface area contributed by atoms with Crippen LogP contribution in [0.3, 0.4) is 0 Å². The molecule has 1 aliphatic rings. The number of hydrogen-bond donors (Lipinski definition) is 1. The highest BCUT2D eigenvalue weighted by Gasteiger charge is 2.51. The average Bonchev–Trinajstić information content (AvgIpc) is 3.09. The van der Waals surface area contributed by atoms with Crippen molar-refractivity contribution in [3.8, 4) is 0 Å². The Balaban J connectivity index is 1.50. The van der Waals surface area contributed by atoms with Crippen molar-refractivity contribution >= 4 is 41.1 Å². The van der Waals surface area contributed by atoms with Gasteiger partial charge in [-0.15, -0.1) is 0 Å². The summed E-state index contributed by atoms with van der Waals surface area (Å²) in [6.07, 6.45) is 2.71. The number of rotatable bonds is 10. The molecule has 208 valence electrons. The van der Waals surface area contributed by atoms with Crippen LogP contribution in [0.2, 0.25) is 0 Å². The van der Waals surface area contributed by atoms with Crippen LogP contribution in [0, 0.1) is 0 Å². The van der Waals surface area contributed by atoms with Gasteiger partial charge in [0.2, 0.25) is 5.91 Å². The number of carbonyl (C=O) groups is 3. The minimum absolute atomic E-state index is 0.0921. The van der Waals surface area contributed by atoms with Gasteiger partial charge in [0.25, 0.3) is 5.91 Å². The van der Waals surface area contributed by atoms with Crippen LogP contribution in [-0.2, 0) is 16.1 Å². The number of thioether (sulfide) groups is 1. The molecule has 1 aliphatic heterocycles. The molecule has 1 saturated heterocycles. The number of pyridine rings is 1. The van der Waals surface area contributed by atoms with E-state index in [1.807, 2.05) is 37.3 Å². The van der Waals surface area contributed by atoms with Crippen molar-refractivity contribution in [1.82, 2.24) is 9.88 Å². The molecule has 4 amide bonds. The van der Waals surface area contributed by atoms with Crippen LogP contribution in [0.15, 0.2) is 90.5 Å². The second kappa shape index (κ2) is 11.6. The van der Waals surface area contributed by atoms with E-state index < -0.39 is 22.7 Å². The summed E-state index contributed by atoms with van der Waals surface area (Å²) in [4.78, 5) is 46.8. The molecule has 1 unspecified atom stereocenters. The van der Waals surface area contributed by atoms with Gasteiger partial charge in [0.15, 0.2) is 0 Å². The van der Waals surface area contributed by atoms with E-state index in [9.17, 15) is 23.2 Å². The van der Waals surface area contributed by atoms with Crippen molar-refractivity contribution in [1.29, 1.82) is 0 Å². The summed E-state index contributed by atoms with van der Waals surface area (Å²) >= 11 is 0.322. The fraction of sp³-hybridized carbons (Fsp3) is 0.267. The van der Waals surface area contributed by atoms with Crippen LogP contribution in [0.4, 0.5) is 25.1 Å². The highest BCUT2D eigenvalue weighted by molar-refractivity contribution is 8.00. The number of hydrogen-bond acceptors (Lipinski definition) is 5. The van der Waals surface area contributed by atoms with Crippen molar-refractivity contribution in [3.05, 3.63) is 96.7 Å². The summed E-state index contributed by atoms with van der Waals surface area (Å²) in [5.41, 5.74) is 0.689. The summed E-state index contributed by atoms with van der Waals surface area (Å²) in [7, 11) is 0. The van der Waals surface area contributed by atoms with E-state index in [2.05, 4.69) is 16.9 Å². The lowest BCUT2D eigenvalue weighted by Gasteiger charge is -2.27. The molecule has 3 aromatic rings. The molecular weight excluding hydrogens is 534 g/mol. The molecule has 4 rings (SSSR count). The third-order valence-electron chi connectivity index (χ3n) is 6.75. The molecule has 0 aliphatic carbocycles. The molecular formula is C30H30F2N4O3S. The zero-order valence-corrected chi connectivity index (χ0v) is 23.3. The number of urea groups is 1. The summed E-state index contributed by atoms with van der Waals surface area (Å²) in [5.74, 6) is -0.631. The molecule has 0 radical (unpaired) electrons. The maximum atomic E-state index is 13.6. The van der Waals surface area contributed by atoms with E-state index in [4.69, 9.17) is 0 Å². The Morgan fingerprint density at radius 3 is 2.42 bits per heavy atom. The number of nitrogens with one attached hydrogen (secondary N) is 1. The molecule has 40 heavy (non-hydrogen) atoms. The Morgan fingerprint density at radius 2 is 1.80 bits per heavy atom. The second-order valence-electron chi connectivity index (χ2n) is 9.84. The van der Waals surface area contributed by atoms with Gasteiger partial charge in [-0.3, -0.25) is 9.59 Å². The lowest BCUT2D eigenvalue weighted by atomic mass is 9.96. The van der Waals surface area contributed by atoms with E-state index in [1.165, 1.54) is 35.4 Å². The normalized spacial score (nSPS) is 15.7. The third kappa shape index (κ3) is 6.07. The van der Waals surface area contributed by atoms with Crippen LogP contribution in [0.5, 0.6) is 0 Å². The number of aromatic nitrogens is 1. The van der Waals surface area contributed by atoms with Gasteiger partial charge in [0.1, 0.15) is 11.4 Å². The number of anilines is 2. The van der Waals surface area contributed by atoms with Gasteiger partial charge in [-0.25, -0.2) is 14.7 Å². The topological polar surface area (TPSA) is 82.6 Å². The fourth-order valence-corrected chi connectivity index (χ4v) is 5.16. The van der Waals surface area contributed by atoms with Crippen molar-refractivity contribution in [2.24, 2.45) is 0 Å². The van der Waals surface area contributed by atoms with E-state index >= 15 is 0 Å². The van der Waals surface area contributed by atoms with Gasteiger partial charge in [-0.1, -0.05) is 43.8 Å². The van der Waals surface area contributed by atoms with E-state index in [1.54, 1.807) is 26.0 Å². The predicted molar refractivity (Wildman–Crippen MR) is 152 cm³/mol. The first-order valence-electron chi connectivity index (χ1n) is 12.7. The van der Waals surface area contributed by atoms with Gasteiger partial charge >= 0.3 is 11.3 Å². The molecule has 1 atom stereocenters. The van der Waals surface area contributed by atoms with Crippen LogP contribution in [-0.4, -0.2) is 38.5 Å². The SMILES string of the molecule is C=CC(F)(F)Sc1ccc(N2C(=O)N(Cc3ccnc(NC(=O)C(CC)c4ccccc4)c3)C(C)(C)C2=O)cc1. The highest BCUT2D eigenvalue weighted by atomic mass is 32.2. The monoisotopic (exact) mass is 564 g/mol. The zero-order valence-electron chi connectivity index (χ0n) is 22.4. The first kappa shape index (κ1) is 28.9. The molecule has 0 bridgehead atoms. The van der Waals surface area contributed by atoms with Crippen LogP contribution < -0.4 is 10.2 Å². The van der Waals surface area contributed by atoms with Gasteiger partial charge in [0, 0.05) is 17.6 Å². The summed E-state index contributed by atoms with van der Waals surface area (Å²) in [6, 6.07) is 18.1. The van der Waals surface area contributed by atoms with E-state index in [0.29, 0.717) is 35.6 Å². The first-order chi connectivity index (χ1) is 19.0. The largest absolute Gasteiger partial charge is 0.332 e. The van der Waals surface area contributed by atoms with Gasteiger partial charge in [-0.2, -0.15) is 8.78 Å². The van der Waals surface area contributed by atoms with Gasteiger partial charge < -0.3 is 10.2 Å². The Kier molecular flexibility index (Phi) is 8.39. The maximum absolute atomic E-state index is 13.6. The number of benzene rings is 2. The predicted octanol–water partition coefficient (Wildman–Crippen LogP) is 6.83. The highest BCUT2D eigenvalue weighted by Crippen LogP contribution is 2.38. The van der Waals surface area contributed by atoms with E-state index in [0.717, 1.165) is 10.5 Å². The number of carbonyl (C=O) groups excluding carboxylic acids is 3. The molecule has 10 heteroatoms. The number of alkyl halides is 2. The summed E-state index contributed by atoms with van der Waals surface area (Å²) in [6.45, 7) is 8.46. The fourth-order valence-electron chi connectivity index (χ4n) is 4.49. The Morgan fingerprint density at radius 1 is 1.12 bits per heavy atom. The molecule has 1 N–H and O–H groups in total. The maximum Gasteiger partial charge on any atom is 0.332 e. The lowest BCUT2D eigenvalue weighted by Crippen LogP contribution is -2.43. The average molecular weight is 565 g/mol. The molecule has 2 heterocycles. The van der Waals surface area contributed by atoms with Crippen molar-refractivity contribution < 1.29 is 23.2 Å². The number of amides is 4. The summed E-state index contributed by atoms with van der Waals surface area (Å²) in [5, 5.41) is -0.272. The molecule has 0 saturated carbocycles. The van der Waals surface area contributed by atoms with Crippen molar-refractivity contribution in [2.45, 2.75) is 55.3 Å². The van der Waals surface area contributed by atoms with Crippen LogP contribution >= 0.6 is 11.8 Å². The Bertz CT molecular complexity index is 1410. The zero-order chi connectivity index (χ0) is 29.1. The third-order valence-corrected chi connectivity index (χ3v) is 7.70. The minimum atomic E-state index is -3.14. The van der Waals surface area contributed by atoms with E-state index in [-0.39, 0.29) is 29.0 Å². The molecule has 7 nitrogen and oxygen atoms in total. The molecule has 1 fully saturated rings. The Labute approximate surface area is 236 Å². The molecule has 0 spiro atoms. The van der Waals surface area contributed by atoms with Crippen LogP contribution in [0.25, 0.3) is 0 Å².